The second kappa shape index (κ2) is 4.93. The van der Waals surface area contributed by atoms with E-state index in [1.54, 1.807) is 0 Å². The minimum absolute atomic E-state index is 0.0340. The number of aliphatic imine (C=N–C) groups is 1. The zero-order valence-corrected chi connectivity index (χ0v) is 12.1. The van der Waals surface area contributed by atoms with Crippen molar-refractivity contribution >= 4 is 11.9 Å². The van der Waals surface area contributed by atoms with Crippen molar-refractivity contribution < 1.29 is 4.79 Å². The smallest absolute Gasteiger partial charge is 0.257 e. The topological polar surface area (TPSA) is 53.5 Å². The molecular formula is C16H21N3O. The number of benzene rings is 1. The van der Waals surface area contributed by atoms with Crippen LogP contribution in [0.4, 0.5) is 0 Å². The molecule has 1 aliphatic carbocycles. The van der Waals surface area contributed by atoms with Crippen molar-refractivity contribution in [1.82, 2.24) is 10.6 Å². The molecule has 2 atom stereocenters. The van der Waals surface area contributed by atoms with E-state index in [0.29, 0.717) is 11.9 Å². The molecule has 2 aliphatic rings. The van der Waals surface area contributed by atoms with Crippen LogP contribution < -0.4 is 10.6 Å². The highest BCUT2D eigenvalue weighted by Crippen LogP contribution is 2.42. The molecule has 1 heterocycles. The quantitative estimate of drug-likeness (QED) is 0.867. The fourth-order valence-corrected chi connectivity index (χ4v) is 3.21. The number of hydrogen-bond donors (Lipinski definition) is 2. The van der Waals surface area contributed by atoms with Gasteiger partial charge in [-0.15, -0.1) is 0 Å². The van der Waals surface area contributed by atoms with E-state index in [0.717, 1.165) is 31.4 Å². The lowest BCUT2D eigenvalue weighted by Gasteiger charge is -2.36. The second-order valence-corrected chi connectivity index (χ2v) is 5.74. The maximum Gasteiger partial charge on any atom is 0.257 e. The zero-order valence-electron chi connectivity index (χ0n) is 12.1. The van der Waals surface area contributed by atoms with Crippen LogP contribution in [0.25, 0.3) is 0 Å². The fourth-order valence-electron chi connectivity index (χ4n) is 3.21. The highest BCUT2D eigenvalue weighted by atomic mass is 16.2. The number of nitrogens with one attached hydrogen (secondary N) is 2. The van der Waals surface area contributed by atoms with Gasteiger partial charge in [0.25, 0.3) is 5.91 Å². The summed E-state index contributed by atoms with van der Waals surface area (Å²) >= 11 is 0. The Morgan fingerprint density at radius 2 is 2.20 bits per heavy atom. The molecule has 2 unspecified atom stereocenters. The minimum Gasteiger partial charge on any atom is -0.338 e. The van der Waals surface area contributed by atoms with Crippen molar-refractivity contribution in [3.63, 3.8) is 0 Å². The molecule has 1 fully saturated rings. The van der Waals surface area contributed by atoms with Gasteiger partial charge in [0.2, 0.25) is 0 Å². The molecule has 1 amide bonds. The maximum atomic E-state index is 12.5. The van der Waals surface area contributed by atoms with Gasteiger partial charge in [-0.05, 0) is 36.3 Å². The molecule has 0 saturated carbocycles. The van der Waals surface area contributed by atoms with E-state index < -0.39 is 5.54 Å². The zero-order chi connectivity index (χ0) is 14.2. The first-order valence-corrected chi connectivity index (χ1v) is 7.41. The first kappa shape index (κ1) is 13.2. The van der Waals surface area contributed by atoms with Crippen LogP contribution in [0.15, 0.2) is 29.3 Å². The van der Waals surface area contributed by atoms with Gasteiger partial charge in [-0.2, -0.15) is 0 Å². The molecule has 4 nitrogen and oxygen atoms in total. The highest BCUT2D eigenvalue weighted by Gasteiger charge is 2.49. The van der Waals surface area contributed by atoms with Crippen molar-refractivity contribution in [2.75, 3.05) is 6.54 Å². The van der Waals surface area contributed by atoms with Crippen LogP contribution in [0, 0.1) is 0 Å². The standard InChI is InChI=1S/C16H21N3O/c1-3-10-17-15-18-14(20)16(19-15)9-8-11(2)12-6-4-5-7-13(12)16/h4-7,11H,3,8-10H2,1-2H3,(H2,17,18,19,20). The molecule has 0 radical (unpaired) electrons. The monoisotopic (exact) mass is 271 g/mol. The Labute approximate surface area is 119 Å². The summed E-state index contributed by atoms with van der Waals surface area (Å²) in [7, 11) is 0. The molecule has 1 saturated heterocycles. The van der Waals surface area contributed by atoms with Crippen LogP contribution in [-0.2, 0) is 10.3 Å². The van der Waals surface area contributed by atoms with E-state index in [9.17, 15) is 4.79 Å². The molecular weight excluding hydrogens is 250 g/mol. The minimum atomic E-state index is -0.615. The molecule has 0 aromatic heterocycles. The third-order valence-corrected chi connectivity index (χ3v) is 4.35. The molecule has 1 aliphatic heterocycles. The predicted molar refractivity (Wildman–Crippen MR) is 79.6 cm³/mol. The van der Waals surface area contributed by atoms with Crippen molar-refractivity contribution in [2.45, 2.75) is 44.6 Å². The van der Waals surface area contributed by atoms with Crippen LogP contribution in [-0.4, -0.2) is 18.4 Å². The van der Waals surface area contributed by atoms with Crippen molar-refractivity contribution in [3.8, 4) is 0 Å². The van der Waals surface area contributed by atoms with Crippen molar-refractivity contribution in [1.29, 1.82) is 0 Å². The molecule has 1 spiro atoms. The third kappa shape index (κ3) is 1.90. The lowest BCUT2D eigenvalue weighted by Crippen LogP contribution is -2.46. The van der Waals surface area contributed by atoms with Gasteiger partial charge in [-0.3, -0.25) is 15.1 Å². The third-order valence-electron chi connectivity index (χ3n) is 4.35. The maximum absolute atomic E-state index is 12.5. The Balaban J connectivity index is 2.02. The summed E-state index contributed by atoms with van der Waals surface area (Å²) in [4.78, 5) is 16.9. The molecule has 4 heteroatoms. The summed E-state index contributed by atoms with van der Waals surface area (Å²) in [5.74, 6) is 1.16. The van der Waals surface area contributed by atoms with Crippen LogP contribution >= 0.6 is 0 Å². The lowest BCUT2D eigenvalue weighted by atomic mass is 9.72. The van der Waals surface area contributed by atoms with Crippen LogP contribution in [0.2, 0.25) is 0 Å². The number of fused-ring (bicyclic) bond motifs is 2. The van der Waals surface area contributed by atoms with Crippen molar-refractivity contribution in [2.24, 2.45) is 4.99 Å². The summed E-state index contributed by atoms with van der Waals surface area (Å²) in [6, 6.07) is 8.26. The molecule has 106 valence electrons. The van der Waals surface area contributed by atoms with E-state index in [1.165, 1.54) is 5.56 Å². The number of carbonyl (C=O) groups is 1. The number of hydrogen-bond acceptors (Lipinski definition) is 2. The van der Waals surface area contributed by atoms with Gasteiger partial charge in [-0.25, -0.2) is 0 Å². The molecule has 0 bridgehead atoms. The van der Waals surface area contributed by atoms with Gasteiger partial charge < -0.3 is 5.32 Å². The van der Waals surface area contributed by atoms with Gasteiger partial charge in [0, 0.05) is 6.54 Å². The predicted octanol–water partition coefficient (Wildman–Crippen LogP) is 2.26. The normalized spacial score (nSPS) is 30.2. The fraction of sp³-hybridized carbons (Fsp3) is 0.500. The van der Waals surface area contributed by atoms with E-state index >= 15 is 0 Å². The SMILES string of the molecule is CCCN=C1NC(=O)C2(CCC(C)c3ccccc32)N1. The van der Waals surface area contributed by atoms with Crippen LogP contribution in [0.3, 0.4) is 0 Å². The summed E-state index contributed by atoms with van der Waals surface area (Å²) in [5.41, 5.74) is 1.77. The van der Waals surface area contributed by atoms with E-state index in [1.807, 2.05) is 12.1 Å². The van der Waals surface area contributed by atoms with Crippen LogP contribution in [0.5, 0.6) is 0 Å². The first-order valence-electron chi connectivity index (χ1n) is 7.41. The first-order chi connectivity index (χ1) is 9.67. The van der Waals surface area contributed by atoms with E-state index in [-0.39, 0.29) is 5.91 Å². The molecule has 2 N–H and O–H groups in total. The van der Waals surface area contributed by atoms with E-state index in [4.69, 9.17) is 0 Å². The number of rotatable bonds is 2. The van der Waals surface area contributed by atoms with Gasteiger partial charge >= 0.3 is 0 Å². The molecule has 20 heavy (non-hydrogen) atoms. The number of nitrogens with zero attached hydrogens (tertiary/aromatic N) is 1. The summed E-state index contributed by atoms with van der Waals surface area (Å²) < 4.78 is 0. The Hall–Kier alpha value is -1.84. The number of guanidine groups is 1. The largest absolute Gasteiger partial charge is 0.338 e. The van der Waals surface area contributed by atoms with Gasteiger partial charge in [-0.1, -0.05) is 38.1 Å². The summed E-state index contributed by atoms with van der Waals surface area (Å²) in [6.07, 6.45) is 2.81. The lowest BCUT2D eigenvalue weighted by molar-refractivity contribution is -0.124. The van der Waals surface area contributed by atoms with E-state index in [2.05, 4.69) is 41.6 Å². The summed E-state index contributed by atoms with van der Waals surface area (Å²) in [6.45, 7) is 5.04. The Morgan fingerprint density at radius 3 is 3.00 bits per heavy atom. The second-order valence-electron chi connectivity index (χ2n) is 5.74. The van der Waals surface area contributed by atoms with Crippen LogP contribution in [0.1, 0.15) is 50.2 Å². The average Bonchev–Trinajstić information content (AvgIpc) is 2.78. The number of carbonyl (C=O) groups excluding carboxylic acids is 1. The van der Waals surface area contributed by atoms with Gasteiger partial charge in [0.05, 0.1) is 0 Å². The number of amides is 1. The van der Waals surface area contributed by atoms with Gasteiger partial charge in [0.15, 0.2) is 5.96 Å². The Kier molecular flexibility index (Phi) is 3.24. The molecule has 3 rings (SSSR count). The summed E-state index contributed by atoms with van der Waals surface area (Å²) in [5, 5.41) is 6.26. The highest BCUT2D eigenvalue weighted by molar-refractivity contribution is 6.09. The molecule has 1 aromatic rings. The average molecular weight is 271 g/mol. The van der Waals surface area contributed by atoms with Crippen molar-refractivity contribution in [3.05, 3.63) is 35.4 Å². The Morgan fingerprint density at radius 1 is 1.40 bits per heavy atom. The molecule has 1 aromatic carbocycles. The Bertz CT molecular complexity index is 567. The van der Waals surface area contributed by atoms with Gasteiger partial charge in [0.1, 0.15) is 5.54 Å².